The van der Waals surface area contributed by atoms with Gasteiger partial charge in [0.05, 0.1) is 0 Å². The summed E-state index contributed by atoms with van der Waals surface area (Å²) in [6.07, 6.45) is 5.45. The number of aryl methyl sites for hydroxylation is 1. The van der Waals surface area contributed by atoms with Crippen LogP contribution >= 0.6 is 15.9 Å². The molecule has 0 heterocycles. The molecule has 1 saturated carbocycles. The lowest BCUT2D eigenvalue weighted by Crippen LogP contribution is -2.17. The van der Waals surface area contributed by atoms with Crippen LogP contribution in [0.5, 0.6) is 0 Å². The van der Waals surface area contributed by atoms with Crippen LogP contribution in [-0.2, 0) is 0 Å². The van der Waals surface area contributed by atoms with Crippen LogP contribution in [0.2, 0.25) is 0 Å². The van der Waals surface area contributed by atoms with E-state index in [1.54, 1.807) is 0 Å². The zero-order valence-corrected chi connectivity index (χ0v) is 10.3. The van der Waals surface area contributed by atoms with Crippen molar-refractivity contribution in [2.45, 2.75) is 43.4 Å². The zero-order valence-electron chi connectivity index (χ0n) is 8.67. The monoisotopic (exact) mass is 252 g/mol. The Hall–Kier alpha value is -0.300. The summed E-state index contributed by atoms with van der Waals surface area (Å²) in [5.41, 5.74) is 2.87. The van der Waals surface area contributed by atoms with E-state index in [9.17, 15) is 0 Å². The van der Waals surface area contributed by atoms with Gasteiger partial charge < -0.3 is 0 Å². The van der Waals surface area contributed by atoms with Gasteiger partial charge in [0.25, 0.3) is 0 Å². The van der Waals surface area contributed by atoms with E-state index >= 15 is 0 Å². The van der Waals surface area contributed by atoms with E-state index in [0.717, 1.165) is 5.92 Å². The molecule has 0 amide bonds. The Morgan fingerprint density at radius 3 is 2.36 bits per heavy atom. The van der Waals surface area contributed by atoms with Gasteiger partial charge in [-0.2, -0.15) is 0 Å². The third kappa shape index (κ3) is 2.20. The van der Waals surface area contributed by atoms with Crippen molar-refractivity contribution in [3.8, 4) is 0 Å². The Bertz CT molecular complexity index is 289. The summed E-state index contributed by atoms with van der Waals surface area (Å²) >= 11 is 3.81. The minimum Gasteiger partial charge on any atom is -0.0884 e. The number of hydrogen-bond donors (Lipinski definition) is 0. The van der Waals surface area contributed by atoms with Crippen molar-refractivity contribution in [3.05, 3.63) is 35.4 Å². The van der Waals surface area contributed by atoms with Crippen LogP contribution in [0.15, 0.2) is 24.3 Å². The maximum Gasteiger partial charge on any atom is 0.0214 e. The van der Waals surface area contributed by atoms with Gasteiger partial charge in [-0.25, -0.2) is 0 Å². The number of halogens is 1. The molecule has 0 bridgehead atoms. The molecule has 2 unspecified atom stereocenters. The van der Waals surface area contributed by atoms with Gasteiger partial charge in [0.15, 0.2) is 0 Å². The summed E-state index contributed by atoms with van der Waals surface area (Å²) < 4.78 is 0. The molecule has 14 heavy (non-hydrogen) atoms. The van der Waals surface area contributed by atoms with Gasteiger partial charge in [-0.15, -0.1) is 0 Å². The predicted octanol–water partition coefficient (Wildman–Crippen LogP) is 4.42. The van der Waals surface area contributed by atoms with Gasteiger partial charge in [-0.3, -0.25) is 0 Å². The maximum atomic E-state index is 3.81. The van der Waals surface area contributed by atoms with Crippen molar-refractivity contribution in [1.29, 1.82) is 0 Å². The predicted molar refractivity (Wildman–Crippen MR) is 65.1 cm³/mol. The van der Waals surface area contributed by atoms with E-state index in [0.29, 0.717) is 4.83 Å². The average molecular weight is 253 g/mol. The topological polar surface area (TPSA) is 0 Å². The summed E-state index contributed by atoms with van der Waals surface area (Å²) in [5.74, 6) is 0.740. The van der Waals surface area contributed by atoms with E-state index in [1.165, 1.54) is 36.8 Å². The van der Waals surface area contributed by atoms with Crippen LogP contribution in [-0.4, -0.2) is 4.83 Å². The van der Waals surface area contributed by atoms with Gasteiger partial charge in [0, 0.05) is 4.83 Å². The highest BCUT2D eigenvalue weighted by Crippen LogP contribution is 2.37. The third-order valence-electron chi connectivity index (χ3n) is 3.19. The summed E-state index contributed by atoms with van der Waals surface area (Å²) in [4.78, 5) is 0.693. The molecule has 0 spiro atoms. The Morgan fingerprint density at radius 1 is 1.07 bits per heavy atom. The standard InChI is InChI=1S/C13H17Br/c1-10-6-8-11(9-7-10)12-4-2-3-5-13(12)14/h6-9,12-13H,2-5H2,1H3. The van der Waals surface area contributed by atoms with Crippen LogP contribution in [0.3, 0.4) is 0 Å². The molecule has 0 aromatic heterocycles. The van der Waals surface area contributed by atoms with E-state index in [-0.39, 0.29) is 0 Å². The molecule has 0 N–H and O–H groups in total. The van der Waals surface area contributed by atoms with Crippen molar-refractivity contribution in [3.63, 3.8) is 0 Å². The lowest BCUT2D eigenvalue weighted by molar-refractivity contribution is 0.461. The zero-order chi connectivity index (χ0) is 9.97. The fraction of sp³-hybridized carbons (Fsp3) is 0.538. The molecule has 2 rings (SSSR count). The molecule has 1 aromatic carbocycles. The molecule has 0 saturated heterocycles. The Morgan fingerprint density at radius 2 is 1.71 bits per heavy atom. The van der Waals surface area contributed by atoms with Crippen LogP contribution in [0.1, 0.15) is 42.7 Å². The summed E-state index contributed by atoms with van der Waals surface area (Å²) in [6, 6.07) is 9.03. The van der Waals surface area contributed by atoms with Gasteiger partial charge in [-0.1, -0.05) is 58.6 Å². The van der Waals surface area contributed by atoms with Gasteiger partial charge in [-0.05, 0) is 31.2 Å². The van der Waals surface area contributed by atoms with Crippen molar-refractivity contribution in [2.75, 3.05) is 0 Å². The first kappa shape index (κ1) is 10.2. The molecule has 76 valence electrons. The summed E-state index contributed by atoms with van der Waals surface area (Å²) in [7, 11) is 0. The first-order chi connectivity index (χ1) is 6.77. The highest BCUT2D eigenvalue weighted by molar-refractivity contribution is 9.09. The molecule has 1 aliphatic rings. The molecule has 0 nitrogen and oxygen atoms in total. The molecule has 1 heteroatoms. The normalized spacial score (nSPS) is 27.6. The van der Waals surface area contributed by atoms with Crippen molar-refractivity contribution in [2.24, 2.45) is 0 Å². The lowest BCUT2D eigenvalue weighted by atomic mass is 9.84. The highest BCUT2D eigenvalue weighted by atomic mass is 79.9. The lowest BCUT2D eigenvalue weighted by Gasteiger charge is -2.27. The first-order valence-corrected chi connectivity index (χ1v) is 6.39. The van der Waals surface area contributed by atoms with Crippen LogP contribution in [0.4, 0.5) is 0 Å². The maximum absolute atomic E-state index is 3.81. The van der Waals surface area contributed by atoms with Crippen LogP contribution in [0, 0.1) is 6.92 Å². The quantitative estimate of drug-likeness (QED) is 0.650. The average Bonchev–Trinajstić information content (AvgIpc) is 2.20. The summed E-state index contributed by atoms with van der Waals surface area (Å²) in [5, 5.41) is 0. The minimum atomic E-state index is 0.693. The molecule has 1 aliphatic carbocycles. The van der Waals surface area contributed by atoms with Crippen molar-refractivity contribution < 1.29 is 0 Å². The molecular weight excluding hydrogens is 236 g/mol. The number of alkyl halides is 1. The van der Waals surface area contributed by atoms with Gasteiger partial charge in [0.1, 0.15) is 0 Å². The van der Waals surface area contributed by atoms with Crippen molar-refractivity contribution >= 4 is 15.9 Å². The second kappa shape index (κ2) is 4.48. The number of hydrogen-bond acceptors (Lipinski definition) is 0. The van der Waals surface area contributed by atoms with E-state index in [4.69, 9.17) is 0 Å². The Kier molecular flexibility index (Phi) is 3.27. The molecule has 2 atom stereocenters. The van der Waals surface area contributed by atoms with Crippen molar-refractivity contribution in [1.82, 2.24) is 0 Å². The molecule has 1 fully saturated rings. The SMILES string of the molecule is Cc1ccc(C2CCCCC2Br)cc1. The largest absolute Gasteiger partial charge is 0.0884 e. The second-order valence-electron chi connectivity index (χ2n) is 4.32. The van der Waals surface area contributed by atoms with E-state index in [1.807, 2.05) is 0 Å². The number of rotatable bonds is 1. The first-order valence-electron chi connectivity index (χ1n) is 5.48. The van der Waals surface area contributed by atoms with Gasteiger partial charge in [0.2, 0.25) is 0 Å². The number of benzene rings is 1. The fourth-order valence-electron chi connectivity index (χ4n) is 2.27. The Labute approximate surface area is 94.8 Å². The summed E-state index contributed by atoms with van der Waals surface area (Å²) in [6.45, 7) is 2.15. The Balaban J connectivity index is 2.16. The smallest absolute Gasteiger partial charge is 0.0214 e. The molecule has 0 radical (unpaired) electrons. The van der Waals surface area contributed by atoms with E-state index < -0.39 is 0 Å². The van der Waals surface area contributed by atoms with Gasteiger partial charge >= 0.3 is 0 Å². The fourth-order valence-corrected chi connectivity index (χ4v) is 3.17. The third-order valence-corrected chi connectivity index (χ3v) is 4.28. The second-order valence-corrected chi connectivity index (χ2v) is 5.49. The molecule has 1 aromatic rings. The molecule has 0 aliphatic heterocycles. The van der Waals surface area contributed by atoms with E-state index in [2.05, 4.69) is 47.1 Å². The molecular formula is C13H17Br. The minimum absolute atomic E-state index is 0.693. The highest BCUT2D eigenvalue weighted by Gasteiger charge is 2.23. The van der Waals surface area contributed by atoms with Crippen LogP contribution in [0.25, 0.3) is 0 Å². The van der Waals surface area contributed by atoms with Crippen LogP contribution < -0.4 is 0 Å².